The summed E-state index contributed by atoms with van der Waals surface area (Å²) in [6.45, 7) is 6.40. The van der Waals surface area contributed by atoms with Crippen molar-refractivity contribution < 1.29 is 0 Å². The van der Waals surface area contributed by atoms with Crippen molar-refractivity contribution in [2.24, 2.45) is 4.99 Å². The van der Waals surface area contributed by atoms with E-state index in [1.54, 1.807) is 0 Å². The molecule has 1 saturated heterocycles. The summed E-state index contributed by atoms with van der Waals surface area (Å²) in [7, 11) is 4.09. The third-order valence-electron chi connectivity index (χ3n) is 6.02. The van der Waals surface area contributed by atoms with Gasteiger partial charge in [0.05, 0.1) is 0 Å². The molecule has 0 amide bonds. The molecule has 1 aromatic rings. The van der Waals surface area contributed by atoms with Crippen LogP contribution in [-0.4, -0.2) is 62.1 Å². The number of nitrogens with zero attached hydrogens (tertiary/aromatic N) is 3. The van der Waals surface area contributed by atoms with E-state index in [9.17, 15) is 0 Å². The molecule has 0 spiro atoms. The minimum absolute atomic E-state index is 0. The van der Waals surface area contributed by atoms with Crippen LogP contribution in [0, 0.1) is 0 Å². The molecule has 1 heterocycles. The molecule has 5 nitrogen and oxygen atoms in total. The second-order valence-electron chi connectivity index (χ2n) is 8.07. The molecule has 0 aromatic heterocycles. The largest absolute Gasteiger partial charge is 0.355 e. The first-order chi connectivity index (χ1) is 13.2. The first-order valence-electron chi connectivity index (χ1n) is 10.7. The van der Waals surface area contributed by atoms with Crippen LogP contribution in [0.15, 0.2) is 29.3 Å². The van der Waals surface area contributed by atoms with Crippen LogP contribution in [0.1, 0.15) is 49.7 Å². The Labute approximate surface area is 188 Å². The molecule has 3 rings (SSSR count). The lowest BCUT2D eigenvalue weighted by molar-refractivity contribution is 0.249. The maximum atomic E-state index is 4.35. The van der Waals surface area contributed by atoms with E-state index < -0.39 is 0 Å². The lowest BCUT2D eigenvalue weighted by Crippen LogP contribution is -2.42. The van der Waals surface area contributed by atoms with Crippen LogP contribution in [0.2, 0.25) is 0 Å². The molecular formula is C22H38IN5. The minimum Gasteiger partial charge on any atom is -0.355 e. The highest BCUT2D eigenvalue weighted by Gasteiger charge is 2.18. The Bertz CT molecular complexity index is 577. The summed E-state index contributed by atoms with van der Waals surface area (Å²) in [5, 5.41) is 6.88. The van der Waals surface area contributed by atoms with E-state index >= 15 is 0 Å². The van der Waals surface area contributed by atoms with Gasteiger partial charge in [-0.05, 0) is 56.9 Å². The van der Waals surface area contributed by atoms with Gasteiger partial charge in [0.1, 0.15) is 0 Å². The highest BCUT2D eigenvalue weighted by Crippen LogP contribution is 2.21. The number of guanidine groups is 1. The number of halogens is 1. The first kappa shape index (κ1) is 23.4. The number of hydrogen-bond donors (Lipinski definition) is 2. The predicted molar refractivity (Wildman–Crippen MR) is 129 cm³/mol. The van der Waals surface area contributed by atoms with E-state index in [2.05, 4.69) is 56.7 Å². The standard InChI is InChI=1S/C22H37N5.HI/c1-23-22(24-13-16-26(2)21-7-3-4-8-21)25-17-19-9-11-20(12-10-19)18-27-14-5-6-15-27;/h9-12,21H,3-8,13-18H2,1-2H3,(H2,23,24,25);1H. The van der Waals surface area contributed by atoms with Crippen molar-refractivity contribution in [3.05, 3.63) is 35.4 Å². The van der Waals surface area contributed by atoms with Gasteiger partial charge in [0, 0.05) is 39.3 Å². The quantitative estimate of drug-likeness (QED) is 0.327. The lowest BCUT2D eigenvalue weighted by atomic mass is 10.1. The summed E-state index contributed by atoms with van der Waals surface area (Å²) in [5.74, 6) is 0.885. The monoisotopic (exact) mass is 499 g/mol. The molecule has 0 atom stereocenters. The third-order valence-corrected chi connectivity index (χ3v) is 6.02. The van der Waals surface area contributed by atoms with Gasteiger partial charge in [-0.1, -0.05) is 37.1 Å². The molecule has 1 aliphatic heterocycles. The average molecular weight is 499 g/mol. The van der Waals surface area contributed by atoms with Gasteiger partial charge in [0.25, 0.3) is 0 Å². The van der Waals surface area contributed by atoms with Crippen LogP contribution in [-0.2, 0) is 13.1 Å². The molecule has 1 aliphatic carbocycles. The van der Waals surface area contributed by atoms with Crippen molar-refractivity contribution >= 4 is 29.9 Å². The predicted octanol–water partition coefficient (Wildman–Crippen LogP) is 3.44. The van der Waals surface area contributed by atoms with E-state index in [1.807, 2.05) is 7.05 Å². The average Bonchev–Trinajstić information content (AvgIpc) is 3.39. The Kier molecular flexibility index (Phi) is 10.6. The molecular weight excluding hydrogens is 461 g/mol. The fourth-order valence-electron chi connectivity index (χ4n) is 4.25. The van der Waals surface area contributed by atoms with E-state index in [4.69, 9.17) is 0 Å². The number of aliphatic imine (C=N–C) groups is 1. The molecule has 2 fully saturated rings. The lowest BCUT2D eigenvalue weighted by Gasteiger charge is -2.24. The Morgan fingerprint density at radius 2 is 1.68 bits per heavy atom. The fourth-order valence-corrected chi connectivity index (χ4v) is 4.25. The van der Waals surface area contributed by atoms with Gasteiger partial charge in [-0.15, -0.1) is 24.0 Å². The van der Waals surface area contributed by atoms with E-state index in [0.717, 1.165) is 38.2 Å². The zero-order valence-corrected chi connectivity index (χ0v) is 20.0. The minimum atomic E-state index is 0. The molecule has 1 saturated carbocycles. The van der Waals surface area contributed by atoms with Crippen molar-refractivity contribution in [2.45, 2.75) is 57.7 Å². The van der Waals surface area contributed by atoms with Gasteiger partial charge in [-0.3, -0.25) is 9.89 Å². The van der Waals surface area contributed by atoms with Crippen molar-refractivity contribution in [3.8, 4) is 0 Å². The summed E-state index contributed by atoms with van der Waals surface area (Å²) >= 11 is 0. The van der Waals surface area contributed by atoms with Crippen LogP contribution < -0.4 is 10.6 Å². The Balaban J connectivity index is 0.00000280. The van der Waals surface area contributed by atoms with Gasteiger partial charge < -0.3 is 15.5 Å². The Hall–Kier alpha value is -0.860. The summed E-state index contributed by atoms with van der Waals surface area (Å²) < 4.78 is 0. The molecule has 28 heavy (non-hydrogen) atoms. The smallest absolute Gasteiger partial charge is 0.191 e. The molecule has 0 unspecified atom stereocenters. The maximum Gasteiger partial charge on any atom is 0.191 e. The van der Waals surface area contributed by atoms with Crippen molar-refractivity contribution in [1.82, 2.24) is 20.4 Å². The van der Waals surface area contributed by atoms with Crippen LogP contribution >= 0.6 is 24.0 Å². The Morgan fingerprint density at radius 3 is 2.32 bits per heavy atom. The van der Waals surface area contributed by atoms with Gasteiger partial charge >= 0.3 is 0 Å². The number of likely N-dealkylation sites (tertiary alicyclic amines) is 1. The normalized spacial score (nSPS) is 18.5. The molecule has 6 heteroatoms. The van der Waals surface area contributed by atoms with Crippen molar-refractivity contribution in [2.75, 3.05) is 40.3 Å². The number of likely N-dealkylation sites (N-methyl/N-ethyl adjacent to an activating group) is 1. The molecule has 158 valence electrons. The van der Waals surface area contributed by atoms with E-state index in [1.165, 1.54) is 62.7 Å². The van der Waals surface area contributed by atoms with Crippen LogP contribution in [0.25, 0.3) is 0 Å². The number of rotatable bonds is 8. The van der Waals surface area contributed by atoms with Gasteiger partial charge in [-0.2, -0.15) is 0 Å². The second kappa shape index (κ2) is 12.6. The maximum absolute atomic E-state index is 4.35. The van der Waals surface area contributed by atoms with Crippen LogP contribution in [0.3, 0.4) is 0 Å². The van der Waals surface area contributed by atoms with Gasteiger partial charge in [0.15, 0.2) is 5.96 Å². The van der Waals surface area contributed by atoms with Crippen LogP contribution in [0.4, 0.5) is 0 Å². The summed E-state index contributed by atoms with van der Waals surface area (Å²) in [4.78, 5) is 9.39. The SMILES string of the molecule is CN=C(NCCN(C)C1CCCC1)NCc1ccc(CN2CCCC2)cc1.I. The zero-order valence-electron chi connectivity index (χ0n) is 17.6. The van der Waals surface area contributed by atoms with Crippen LogP contribution in [0.5, 0.6) is 0 Å². The van der Waals surface area contributed by atoms with E-state index in [-0.39, 0.29) is 24.0 Å². The van der Waals surface area contributed by atoms with Gasteiger partial charge in [0.2, 0.25) is 0 Å². The summed E-state index contributed by atoms with van der Waals surface area (Å²) in [6, 6.07) is 9.78. The molecule has 2 N–H and O–H groups in total. The summed E-state index contributed by atoms with van der Waals surface area (Å²) in [5.41, 5.74) is 2.71. The number of nitrogens with one attached hydrogen (secondary N) is 2. The highest BCUT2D eigenvalue weighted by atomic mass is 127. The molecule has 0 radical (unpaired) electrons. The number of hydrogen-bond acceptors (Lipinski definition) is 3. The van der Waals surface area contributed by atoms with Crippen molar-refractivity contribution in [1.29, 1.82) is 0 Å². The molecule has 2 aliphatic rings. The third kappa shape index (κ3) is 7.52. The number of benzene rings is 1. The van der Waals surface area contributed by atoms with Crippen molar-refractivity contribution in [3.63, 3.8) is 0 Å². The summed E-state index contributed by atoms with van der Waals surface area (Å²) in [6.07, 6.45) is 8.20. The second-order valence-corrected chi connectivity index (χ2v) is 8.07. The molecule has 1 aromatic carbocycles. The highest BCUT2D eigenvalue weighted by molar-refractivity contribution is 14.0. The zero-order chi connectivity index (χ0) is 18.9. The van der Waals surface area contributed by atoms with Gasteiger partial charge in [-0.25, -0.2) is 0 Å². The topological polar surface area (TPSA) is 42.9 Å². The van der Waals surface area contributed by atoms with E-state index in [0.29, 0.717) is 0 Å². The fraction of sp³-hybridized carbons (Fsp3) is 0.682. The Morgan fingerprint density at radius 1 is 1.04 bits per heavy atom. The molecule has 0 bridgehead atoms. The first-order valence-corrected chi connectivity index (χ1v) is 10.7.